The molecule has 2 aromatic heterocycles. The number of hydrogen-bond acceptors (Lipinski definition) is 11. The van der Waals surface area contributed by atoms with E-state index in [-0.39, 0.29) is 53.8 Å². The van der Waals surface area contributed by atoms with Crippen molar-refractivity contribution >= 4 is 23.4 Å². The molecule has 13 nitrogen and oxygen atoms in total. The summed E-state index contributed by atoms with van der Waals surface area (Å²) in [6.45, 7) is 2.73. The monoisotopic (exact) mass is 631 g/mol. The van der Waals surface area contributed by atoms with Crippen molar-refractivity contribution in [1.82, 2.24) is 25.8 Å². The first-order valence-electron chi connectivity index (χ1n) is 16.5. The lowest BCUT2D eigenvalue weighted by molar-refractivity contribution is -0.137. The van der Waals surface area contributed by atoms with Gasteiger partial charge in [-0.1, -0.05) is 100 Å². The Morgan fingerprint density at radius 1 is 0.733 bits per heavy atom. The van der Waals surface area contributed by atoms with Crippen molar-refractivity contribution in [2.24, 2.45) is 11.8 Å². The number of carbonyl (C=O) groups excluding carboxylic acids is 3. The number of Topliss-reactive ketones (excluding diaryl/α,β-unsaturated/α-hetero) is 2. The number of aromatic nitrogens is 4. The van der Waals surface area contributed by atoms with Crippen molar-refractivity contribution in [3.8, 4) is 0 Å². The second-order valence-corrected chi connectivity index (χ2v) is 12.6. The molecule has 2 aliphatic rings. The van der Waals surface area contributed by atoms with E-state index in [1.165, 1.54) is 78.1 Å². The molecule has 45 heavy (non-hydrogen) atoms. The van der Waals surface area contributed by atoms with E-state index in [0.29, 0.717) is 12.3 Å². The van der Waals surface area contributed by atoms with Crippen molar-refractivity contribution in [2.75, 3.05) is 0 Å². The summed E-state index contributed by atoms with van der Waals surface area (Å²) >= 11 is 0. The average molecular weight is 632 g/mol. The van der Waals surface area contributed by atoms with Gasteiger partial charge in [0.05, 0.1) is 6.42 Å². The van der Waals surface area contributed by atoms with Gasteiger partial charge in [0.2, 0.25) is 40.9 Å². The number of amides is 1. The van der Waals surface area contributed by atoms with Gasteiger partial charge in [-0.25, -0.2) is 5.48 Å². The van der Waals surface area contributed by atoms with Crippen LogP contribution in [0.1, 0.15) is 174 Å². The van der Waals surface area contributed by atoms with Gasteiger partial charge >= 0.3 is 5.97 Å². The molecule has 2 fully saturated rings. The number of nitrogens with one attached hydrogen (secondary N) is 1. The van der Waals surface area contributed by atoms with Crippen LogP contribution in [0.15, 0.2) is 9.05 Å². The molecule has 0 aromatic carbocycles. The highest BCUT2D eigenvalue weighted by Gasteiger charge is 2.25. The highest BCUT2D eigenvalue weighted by molar-refractivity contribution is 5.90. The van der Waals surface area contributed by atoms with E-state index in [2.05, 4.69) is 20.3 Å². The predicted molar refractivity (Wildman–Crippen MR) is 162 cm³/mol. The maximum Gasteiger partial charge on any atom is 0.304 e. The molecule has 3 N–H and O–H groups in total. The fourth-order valence-corrected chi connectivity index (χ4v) is 6.45. The van der Waals surface area contributed by atoms with Crippen LogP contribution in [-0.4, -0.2) is 54.0 Å². The minimum Gasteiger partial charge on any atom is -0.481 e. The summed E-state index contributed by atoms with van der Waals surface area (Å²) in [4.78, 5) is 53.1. The Kier molecular flexibility index (Phi) is 15.3. The third-order valence-corrected chi connectivity index (χ3v) is 8.97. The summed E-state index contributed by atoms with van der Waals surface area (Å²) in [7, 11) is 0. The zero-order chi connectivity index (χ0) is 32.6. The molecule has 2 atom stereocenters. The molecular weight excluding hydrogens is 582 g/mol. The minimum absolute atomic E-state index is 0.0256. The van der Waals surface area contributed by atoms with Crippen LogP contribution in [0.2, 0.25) is 0 Å². The Morgan fingerprint density at radius 3 is 1.51 bits per heavy atom. The second-order valence-electron chi connectivity index (χ2n) is 12.6. The fraction of sp³-hybridized carbons (Fsp3) is 0.750. The molecule has 0 spiro atoms. The van der Waals surface area contributed by atoms with Gasteiger partial charge in [-0.2, -0.15) is 9.97 Å². The van der Waals surface area contributed by atoms with Crippen molar-refractivity contribution in [1.29, 1.82) is 0 Å². The lowest BCUT2D eigenvalue weighted by Crippen LogP contribution is -2.21. The number of hydroxylamine groups is 1. The maximum atomic E-state index is 11.5. The van der Waals surface area contributed by atoms with E-state index in [9.17, 15) is 19.2 Å². The molecule has 13 heteroatoms. The highest BCUT2D eigenvalue weighted by Crippen LogP contribution is 2.32. The number of carbonyl (C=O) groups is 4. The van der Waals surface area contributed by atoms with Gasteiger partial charge in [-0.15, -0.1) is 0 Å². The van der Waals surface area contributed by atoms with Crippen LogP contribution in [0.4, 0.5) is 0 Å². The standard InChI is InChI=1S/C16H25N3O4.C16H24N2O4/c1-11(20)15-17-16(23-19-15)13(10-14(21)18-22)9-5-8-12-6-3-2-4-7-12;1-11(19)15-17-16(22-18-15)13(10-14(20)21)9-5-8-12-6-3-2-4-7-12/h12-13,22H,2-10H2,1H3,(H,18,21);12-13H,2-10H2,1H3,(H,20,21)/t2*13-/m11/s1. The molecule has 4 rings (SSSR count). The number of aliphatic carboxylic acids is 1. The third kappa shape index (κ3) is 12.8. The van der Waals surface area contributed by atoms with E-state index in [1.807, 2.05) is 0 Å². The minimum atomic E-state index is -0.884. The molecule has 2 heterocycles. The fourth-order valence-electron chi connectivity index (χ4n) is 6.45. The SMILES string of the molecule is CC(=O)c1noc([C@H](CCCC2CCCCC2)CC(=O)NO)n1.CC(=O)c1noc([C@H](CCCC2CCCCC2)CC(=O)O)n1. The van der Waals surface area contributed by atoms with Crippen LogP contribution >= 0.6 is 0 Å². The molecule has 0 radical (unpaired) electrons. The van der Waals surface area contributed by atoms with Gasteiger partial charge in [0.25, 0.3) is 0 Å². The molecular formula is C32H49N5O8. The summed E-state index contributed by atoms with van der Waals surface area (Å²) in [5.41, 5.74) is 1.64. The molecule has 0 saturated heterocycles. The Hall–Kier alpha value is -3.48. The lowest BCUT2D eigenvalue weighted by Gasteiger charge is -2.22. The van der Waals surface area contributed by atoms with Gasteiger partial charge in [-0.05, 0) is 24.7 Å². The first kappa shape index (κ1) is 36.0. The molecule has 2 saturated carbocycles. The van der Waals surface area contributed by atoms with E-state index in [4.69, 9.17) is 19.4 Å². The van der Waals surface area contributed by atoms with Crippen LogP contribution < -0.4 is 5.48 Å². The average Bonchev–Trinajstić information content (AvgIpc) is 3.73. The molecule has 250 valence electrons. The summed E-state index contributed by atoms with van der Waals surface area (Å²) < 4.78 is 10.2. The molecule has 0 aliphatic heterocycles. The molecule has 2 aliphatic carbocycles. The number of hydrogen-bond donors (Lipinski definition) is 3. The Labute approximate surface area is 264 Å². The molecule has 1 amide bonds. The molecule has 2 aromatic rings. The summed E-state index contributed by atoms with van der Waals surface area (Å²) in [5, 5.41) is 25.0. The van der Waals surface area contributed by atoms with E-state index < -0.39 is 11.9 Å². The third-order valence-electron chi connectivity index (χ3n) is 8.97. The second kappa shape index (κ2) is 19.1. The lowest BCUT2D eigenvalue weighted by atomic mass is 9.84. The quantitative estimate of drug-likeness (QED) is 0.102. The maximum absolute atomic E-state index is 11.5. The van der Waals surface area contributed by atoms with Crippen molar-refractivity contribution < 1.29 is 38.5 Å². The van der Waals surface area contributed by atoms with Gasteiger partial charge < -0.3 is 14.2 Å². The Balaban J connectivity index is 0.000000246. The van der Waals surface area contributed by atoms with Crippen LogP contribution in [-0.2, 0) is 9.59 Å². The predicted octanol–water partition coefficient (Wildman–Crippen LogP) is 6.58. The Morgan fingerprint density at radius 2 is 1.16 bits per heavy atom. The highest BCUT2D eigenvalue weighted by atomic mass is 16.5. The first-order chi connectivity index (χ1) is 21.7. The van der Waals surface area contributed by atoms with Crippen LogP contribution in [0, 0.1) is 11.8 Å². The molecule has 0 bridgehead atoms. The number of carboxylic acids is 1. The summed E-state index contributed by atoms with van der Waals surface area (Å²) in [5.74, 6) is -0.327. The number of rotatable bonds is 16. The topological polar surface area (TPSA) is 199 Å². The zero-order valence-corrected chi connectivity index (χ0v) is 26.7. The van der Waals surface area contributed by atoms with Crippen LogP contribution in [0.5, 0.6) is 0 Å². The van der Waals surface area contributed by atoms with Crippen LogP contribution in [0.25, 0.3) is 0 Å². The zero-order valence-electron chi connectivity index (χ0n) is 26.7. The number of ketones is 2. The summed E-state index contributed by atoms with van der Waals surface area (Å²) in [6, 6.07) is 0. The first-order valence-corrected chi connectivity index (χ1v) is 16.5. The Bertz CT molecular complexity index is 1220. The van der Waals surface area contributed by atoms with Gasteiger partial charge in [-0.3, -0.25) is 24.4 Å². The largest absolute Gasteiger partial charge is 0.481 e. The number of carboxylic acid groups (broad SMARTS) is 1. The van der Waals surface area contributed by atoms with Crippen LogP contribution in [0.3, 0.4) is 0 Å². The van der Waals surface area contributed by atoms with E-state index in [1.54, 1.807) is 5.48 Å². The molecule has 0 unspecified atom stereocenters. The van der Waals surface area contributed by atoms with E-state index >= 15 is 0 Å². The van der Waals surface area contributed by atoms with Crippen molar-refractivity contribution in [3.63, 3.8) is 0 Å². The van der Waals surface area contributed by atoms with Gasteiger partial charge in [0.1, 0.15) is 0 Å². The van der Waals surface area contributed by atoms with E-state index in [0.717, 1.165) is 43.9 Å². The van der Waals surface area contributed by atoms with Crippen molar-refractivity contribution in [3.05, 3.63) is 23.4 Å². The van der Waals surface area contributed by atoms with Gasteiger partial charge in [0, 0.05) is 32.1 Å². The smallest absolute Gasteiger partial charge is 0.304 e. The van der Waals surface area contributed by atoms with Gasteiger partial charge in [0.15, 0.2) is 0 Å². The van der Waals surface area contributed by atoms with Crippen molar-refractivity contribution in [2.45, 2.75) is 141 Å². The summed E-state index contributed by atoms with van der Waals surface area (Å²) in [6.07, 6.45) is 18.7. The number of nitrogens with zero attached hydrogens (tertiary/aromatic N) is 4. The normalized spacial score (nSPS) is 17.1.